The van der Waals surface area contributed by atoms with Crippen LogP contribution in [-0.4, -0.2) is 6.61 Å². The lowest BCUT2D eigenvalue weighted by molar-refractivity contribution is 0.360. The van der Waals surface area contributed by atoms with Crippen LogP contribution in [0.15, 0.2) is 30.4 Å². The van der Waals surface area contributed by atoms with E-state index < -0.39 is 0 Å². The van der Waals surface area contributed by atoms with Gasteiger partial charge < -0.3 is 4.74 Å². The minimum absolute atomic E-state index is 0.254. The molecule has 2 heteroatoms. The first-order chi connectivity index (χ1) is 6.22. The van der Waals surface area contributed by atoms with Gasteiger partial charge in [0.15, 0.2) is 0 Å². The number of rotatable bonds is 3. The number of allylic oxidation sites excluding steroid dienone is 1. The van der Waals surface area contributed by atoms with E-state index in [9.17, 15) is 4.39 Å². The van der Waals surface area contributed by atoms with E-state index in [-0.39, 0.29) is 5.82 Å². The van der Waals surface area contributed by atoms with Gasteiger partial charge in [-0.1, -0.05) is 12.2 Å². The molecule has 13 heavy (non-hydrogen) atoms. The molecule has 0 aromatic heterocycles. The molecule has 70 valence electrons. The van der Waals surface area contributed by atoms with Gasteiger partial charge in [-0.05, 0) is 31.5 Å². The summed E-state index contributed by atoms with van der Waals surface area (Å²) in [5.74, 6) is 0.325. The zero-order valence-electron chi connectivity index (χ0n) is 7.88. The fraction of sp³-hybridized carbons (Fsp3) is 0.273. The molecule has 0 amide bonds. The summed E-state index contributed by atoms with van der Waals surface area (Å²) in [6.45, 7) is 4.24. The third-order valence-electron chi connectivity index (χ3n) is 1.60. The summed E-state index contributed by atoms with van der Waals surface area (Å²) in [4.78, 5) is 0. The van der Waals surface area contributed by atoms with E-state index in [4.69, 9.17) is 4.74 Å². The van der Waals surface area contributed by atoms with Crippen molar-refractivity contribution in [2.75, 3.05) is 6.61 Å². The molecule has 0 N–H and O–H groups in total. The fourth-order valence-corrected chi connectivity index (χ4v) is 1.03. The summed E-state index contributed by atoms with van der Waals surface area (Å²) in [6, 6.07) is 4.67. The van der Waals surface area contributed by atoms with Crippen LogP contribution in [0.3, 0.4) is 0 Å². The highest BCUT2D eigenvalue weighted by Crippen LogP contribution is 2.15. The molecule has 0 saturated carbocycles. The molecule has 0 radical (unpaired) electrons. The van der Waals surface area contributed by atoms with Gasteiger partial charge in [-0.2, -0.15) is 0 Å². The fourth-order valence-electron chi connectivity index (χ4n) is 1.03. The van der Waals surface area contributed by atoms with Crippen molar-refractivity contribution in [1.29, 1.82) is 0 Å². The van der Waals surface area contributed by atoms with Crippen LogP contribution in [0, 0.1) is 12.7 Å². The van der Waals surface area contributed by atoms with Crippen LogP contribution in [0.25, 0.3) is 0 Å². The first-order valence-electron chi connectivity index (χ1n) is 4.23. The Hall–Kier alpha value is -1.31. The predicted octanol–water partition coefficient (Wildman–Crippen LogP) is 3.09. The van der Waals surface area contributed by atoms with Crippen molar-refractivity contribution in [3.05, 3.63) is 41.7 Å². The molecule has 1 aromatic rings. The molecule has 0 saturated heterocycles. The molecule has 0 fully saturated rings. The van der Waals surface area contributed by atoms with Crippen LogP contribution in [0.4, 0.5) is 4.39 Å². The average molecular weight is 180 g/mol. The Kier molecular flexibility index (Phi) is 3.50. The zero-order valence-corrected chi connectivity index (χ0v) is 7.88. The maximum atomic E-state index is 12.8. The lowest BCUT2D eigenvalue weighted by atomic mass is 10.2. The van der Waals surface area contributed by atoms with Crippen molar-refractivity contribution in [1.82, 2.24) is 0 Å². The number of halogens is 1. The van der Waals surface area contributed by atoms with Gasteiger partial charge in [-0.15, -0.1) is 0 Å². The summed E-state index contributed by atoms with van der Waals surface area (Å²) < 4.78 is 18.1. The summed E-state index contributed by atoms with van der Waals surface area (Å²) >= 11 is 0. The standard InChI is InChI=1S/C11H13FO/c1-3-4-5-13-11-7-9(2)6-10(12)8-11/h3-4,6-8H,5H2,1-2H3/b4-3+. The second-order valence-corrected chi connectivity index (χ2v) is 2.84. The van der Waals surface area contributed by atoms with Crippen LogP contribution < -0.4 is 4.74 Å². The van der Waals surface area contributed by atoms with Gasteiger partial charge in [-0.3, -0.25) is 0 Å². The quantitative estimate of drug-likeness (QED) is 0.649. The molecule has 1 rings (SSSR count). The molecule has 0 aliphatic rings. The van der Waals surface area contributed by atoms with Gasteiger partial charge in [0.1, 0.15) is 18.2 Å². The van der Waals surface area contributed by atoms with Gasteiger partial charge >= 0.3 is 0 Å². The van der Waals surface area contributed by atoms with Crippen molar-refractivity contribution < 1.29 is 9.13 Å². The van der Waals surface area contributed by atoms with Crippen molar-refractivity contribution in [2.45, 2.75) is 13.8 Å². The Bertz CT molecular complexity index is 285. The highest BCUT2D eigenvalue weighted by atomic mass is 19.1. The monoisotopic (exact) mass is 180 g/mol. The third-order valence-corrected chi connectivity index (χ3v) is 1.60. The summed E-state index contributed by atoms with van der Waals surface area (Å²) in [5, 5.41) is 0. The van der Waals surface area contributed by atoms with Crippen LogP contribution in [0.2, 0.25) is 0 Å². The molecule has 0 aliphatic heterocycles. The summed E-state index contributed by atoms with van der Waals surface area (Å²) in [6.07, 6.45) is 3.77. The Morgan fingerprint density at radius 3 is 2.77 bits per heavy atom. The Balaban J connectivity index is 2.66. The van der Waals surface area contributed by atoms with Crippen LogP contribution in [0.1, 0.15) is 12.5 Å². The molecule has 0 bridgehead atoms. The van der Waals surface area contributed by atoms with E-state index in [1.807, 2.05) is 32.1 Å². The van der Waals surface area contributed by atoms with Crippen LogP contribution in [0.5, 0.6) is 5.75 Å². The lowest BCUT2D eigenvalue weighted by Gasteiger charge is -2.03. The highest BCUT2D eigenvalue weighted by molar-refractivity contribution is 5.28. The van der Waals surface area contributed by atoms with E-state index in [0.29, 0.717) is 12.4 Å². The minimum Gasteiger partial charge on any atom is -0.489 e. The summed E-state index contributed by atoms with van der Waals surface area (Å²) in [5.41, 5.74) is 0.871. The largest absolute Gasteiger partial charge is 0.489 e. The normalized spacial score (nSPS) is 10.7. The summed E-state index contributed by atoms with van der Waals surface area (Å²) in [7, 11) is 0. The van der Waals surface area contributed by atoms with Gasteiger partial charge in [0.25, 0.3) is 0 Å². The number of ether oxygens (including phenoxy) is 1. The van der Waals surface area contributed by atoms with Crippen LogP contribution in [-0.2, 0) is 0 Å². The molecule has 0 unspecified atom stereocenters. The van der Waals surface area contributed by atoms with Gasteiger partial charge in [-0.25, -0.2) is 4.39 Å². The van der Waals surface area contributed by atoms with E-state index in [2.05, 4.69) is 0 Å². The molecule has 1 aromatic carbocycles. The van der Waals surface area contributed by atoms with E-state index in [0.717, 1.165) is 5.56 Å². The number of benzene rings is 1. The van der Waals surface area contributed by atoms with Gasteiger partial charge in [0.05, 0.1) is 0 Å². The lowest BCUT2D eigenvalue weighted by Crippen LogP contribution is -1.94. The van der Waals surface area contributed by atoms with E-state index >= 15 is 0 Å². The smallest absolute Gasteiger partial charge is 0.127 e. The Labute approximate surface area is 77.8 Å². The van der Waals surface area contributed by atoms with Gasteiger partial charge in [0.2, 0.25) is 0 Å². The number of hydrogen-bond donors (Lipinski definition) is 0. The highest BCUT2D eigenvalue weighted by Gasteiger charge is 1.97. The van der Waals surface area contributed by atoms with Crippen molar-refractivity contribution >= 4 is 0 Å². The third kappa shape index (κ3) is 3.28. The van der Waals surface area contributed by atoms with E-state index in [1.165, 1.54) is 12.1 Å². The average Bonchev–Trinajstić information content (AvgIpc) is 2.03. The molecule has 0 heterocycles. The first kappa shape index (κ1) is 9.78. The second-order valence-electron chi connectivity index (χ2n) is 2.84. The maximum Gasteiger partial charge on any atom is 0.127 e. The van der Waals surface area contributed by atoms with Gasteiger partial charge in [0, 0.05) is 6.07 Å². The molecular formula is C11H13FO. The minimum atomic E-state index is -0.254. The maximum absolute atomic E-state index is 12.8. The predicted molar refractivity (Wildman–Crippen MR) is 51.4 cm³/mol. The SMILES string of the molecule is C/C=C/COc1cc(C)cc(F)c1. The van der Waals surface area contributed by atoms with E-state index in [1.54, 1.807) is 0 Å². The molecular weight excluding hydrogens is 167 g/mol. The number of aryl methyl sites for hydroxylation is 1. The zero-order chi connectivity index (χ0) is 9.68. The van der Waals surface area contributed by atoms with Crippen molar-refractivity contribution in [3.63, 3.8) is 0 Å². The molecule has 0 spiro atoms. The second kappa shape index (κ2) is 4.65. The molecule has 0 atom stereocenters. The topological polar surface area (TPSA) is 9.23 Å². The van der Waals surface area contributed by atoms with Crippen LogP contribution >= 0.6 is 0 Å². The van der Waals surface area contributed by atoms with Crippen molar-refractivity contribution in [3.8, 4) is 5.75 Å². The Morgan fingerprint density at radius 1 is 1.38 bits per heavy atom. The first-order valence-corrected chi connectivity index (χ1v) is 4.23. The Morgan fingerprint density at radius 2 is 2.15 bits per heavy atom. The number of hydrogen-bond acceptors (Lipinski definition) is 1. The molecule has 1 nitrogen and oxygen atoms in total. The molecule has 0 aliphatic carbocycles. The van der Waals surface area contributed by atoms with Crippen molar-refractivity contribution in [2.24, 2.45) is 0 Å².